The van der Waals surface area contributed by atoms with Crippen molar-refractivity contribution in [1.82, 2.24) is 0 Å². The highest BCUT2D eigenvalue weighted by Gasteiger charge is 2.02. The van der Waals surface area contributed by atoms with E-state index in [1.54, 1.807) is 18.2 Å². The number of hydrogen-bond donors (Lipinski definition) is 1. The third kappa shape index (κ3) is 2.70. The summed E-state index contributed by atoms with van der Waals surface area (Å²) in [6.07, 6.45) is 0. The third-order valence-corrected chi connectivity index (χ3v) is 2.03. The quantitative estimate of drug-likeness (QED) is 0.612. The van der Waals surface area contributed by atoms with Crippen LogP contribution < -0.4 is 5.43 Å². The molecule has 74 valence electrons. The number of nitriles is 2. The van der Waals surface area contributed by atoms with Crippen molar-refractivity contribution in [3.63, 3.8) is 0 Å². The van der Waals surface area contributed by atoms with Crippen molar-refractivity contribution in [2.75, 3.05) is 5.43 Å². The molecule has 15 heavy (non-hydrogen) atoms. The van der Waals surface area contributed by atoms with Crippen LogP contribution in [0.5, 0.6) is 0 Å². The standard InChI is InChI=1S/C10H7ClN4/c1-7-3-2-4-9(11)10(7)15-14-8(5-12)6-13/h2-4,15H,1H3. The Morgan fingerprint density at radius 2 is 2.07 bits per heavy atom. The lowest BCUT2D eigenvalue weighted by Crippen LogP contribution is -1.98. The summed E-state index contributed by atoms with van der Waals surface area (Å²) in [5.41, 5.74) is 3.84. The van der Waals surface area contributed by atoms with Crippen LogP contribution in [-0.2, 0) is 0 Å². The maximum atomic E-state index is 8.47. The van der Waals surface area contributed by atoms with E-state index in [0.717, 1.165) is 5.56 Å². The molecule has 1 aromatic carbocycles. The van der Waals surface area contributed by atoms with Gasteiger partial charge in [-0.05, 0) is 18.6 Å². The Kier molecular flexibility index (Phi) is 3.68. The Balaban J connectivity index is 2.98. The van der Waals surface area contributed by atoms with Gasteiger partial charge in [0.05, 0.1) is 10.7 Å². The molecule has 0 bridgehead atoms. The van der Waals surface area contributed by atoms with Gasteiger partial charge in [-0.1, -0.05) is 23.7 Å². The summed E-state index contributed by atoms with van der Waals surface area (Å²) in [6.45, 7) is 1.85. The third-order valence-electron chi connectivity index (χ3n) is 1.71. The number of nitrogens with zero attached hydrogens (tertiary/aromatic N) is 3. The smallest absolute Gasteiger partial charge is 0.237 e. The lowest BCUT2D eigenvalue weighted by molar-refractivity contribution is 1.30. The summed E-state index contributed by atoms with van der Waals surface area (Å²) < 4.78 is 0. The first-order valence-electron chi connectivity index (χ1n) is 4.08. The van der Waals surface area contributed by atoms with Crippen molar-refractivity contribution < 1.29 is 0 Å². The number of hydrogen-bond acceptors (Lipinski definition) is 4. The molecule has 0 spiro atoms. The first-order valence-corrected chi connectivity index (χ1v) is 4.46. The summed E-state index contributed by atoms with van der Waals surface area (Å²) in [6, 6.07) is 8.64. The van der Waals surface area contributed by atoms with E-state index in [2.05, 4.69) is 10.5 Å². The van der Waals surface area contributed by atoms with Crippen molar-refractivity contribution in [3.05, 3.63) is 28.8 Å². The van der Waals surface area contributed by atoms with Crippen LogP contribution in [-0.4, -0.2) is 5.71 Å². The second-order valence-electron chi connectivity index (χ2n) is 2.73. The van der Waals surface area contributed by atoms with Gasteiger partial charge in [0.1, 0.15) is 12.1 Å². The molecule has 0 fully saturated rings. The normalized spacial score (nSPS) is 8.53. The van der Waals surface area contributed by atoms with Gasteiger partial charge in [0.15, 0.2) is 0 Å². The highest BCUT2D eigenvalue weighted by atomic mass is 35.5. The molecule has 0 unspecified atom stereocenters. The minimum absolute atomic E-state index is 0.241. The molecule has 1 rings (SSSR count). The zero-order chi connectivity index (χ0) is 11.3. The fraction of sp³-hybridized carbons (Fsp3) is 0.100. The average molecular weight is 219 g/mol. The number of hydrazone groups is 1. The molecule has 0 aliphatic rings. The molecule has 0 aromatic heterocycles. The van der Waals surface area contributed by atoms with E-state index >= 15 is 0 Å². The SMILES string of the molecule is Cc1cccc(Cl)c1NN=C(C#N)C#N. The van der Waals surface area contributed by atoms with E-state index in [4.69, 9.17) is 22.1 Å². The molecular formula is C10H7ClN4. The molecule has 0 saturated carbocycles. The van der Waals surface area contributed by atoms with E-state index in [0.29, 0.717) is 10.7 Å². The largest absolute Gasteiger partial charge is 0.275 e. The zero-order valence-electron chi connectivity index (χ0n) is 7.95. The summed E-state index contributed by atoms with van der Waals surface area (Å²) in [5, 5.41) is 21.0. The number of nitrogens with one attached hydrogen (secondary N) is 1. The molecule has 4 nitrogen and oxygen atoms in total. The number of para-hydroxylation sites is 1. The number of aryl methyl sites for hydroxylation is 1. The van der Waals surface area contributed by atoms with Gasteiger partial charge >= 0.3 is 0 Å². The Morgan fingerprint density at radius 1 is 1.40 bits per heavy atom. The van der Waals surface area contributed by atoms with Gasteiger partial charge in [0.2, 0.25) is 5.71 Å². The highest BCUT2D eigenvalue weighted by molar-refractivity contribution is 6.33. The summed E-state index contributed by atoms with van der Waals surface area (Å²) >= 11 is 5.90. The van der Waals surface area contributed by atoms with Crippen molar-refractivity contribution in [3.8, 4) is 12.1 Å². The molecule has 0 radical (unpaired) electrons. The first-order chi connectivity index (χ1) is 7.19. The van der Waals surface area contributed by atoms with Gasteiger partial charge in [0.25, 0.3) is 0 Å². The monoisotopic (exact) mass is 218 g/mol. The molecule has 1 aromatic rings. The Hall–Kier alpha value is -2.04. The summed E-state index contributed by atoms with van der Waals surface area (Å²) in [4.78, 5) is 0. The molecular weight excluding hydrogens is 212 g/mol. The summed E-state index contributed by atoms with van der Waals surface area (Å²) in [7, 11) is 0. The molecule has 0 heterocycles. The van der Waals surface area contributed by atoms with Crippen LogP contribution in [0.4, 0.5) is 5.69 Å². The van der Waals surface area contributed by atoms with Crippen LogP contribution in [0.1, 0.15) is 5.56 Å². The number of anilines is 1. The van der Waals surface area contributed by atoms with E-state index in [-0.39, 0.29) is 5.71 Å². The van der Waals surface area contributed by atoms with Gasteiger partial charge in [-0.2, -0.15) is 15.6 Å². The Morgan fingerprint density at radius 3 is 2.60 bits per heavy atom. The minimum atomic E-state index is -0.241. The van der Waals surface area contributed by atoms with E-state index in [1.807, 2.05) is 19.1 Å². The molecule has 0 aliphatic carbocycles. The molecule has 1 N–H and O–H groups in total. The molecule has 0 amide bonds. The van der Waals surface area contributed by atoms with Crippen LogP contribution >= 0.6 is 11.6 Å². The topological polar surface area (TPSA) is 72.0 Å². The predicted octanol–water partition coefficient (Wildman–Crippen LogP) is 2.46. The van der Waals surface area contributed by atoms with Gasteiger partial charge in [-0.25, -0.2) is 0 Å². The Labute approximate surface area is 92.4 Å². The van der Waals surface area contributed by atoms with Crippen molar-refractivity contribution in [2.45, 2.75) is 6.92 Å². The van der Waals surface area contributed by atoms with Gasteiger partial charge in [-0.15, -0.1) is 0 Å². The Bertz CT molecular complexity index is 443. The van der Waals surface area contributed by atoms with E-state index in [9.17, 15) is 0 Å². The van der Waals surface area contributed by atoms with Crippen LogP contribution in [0.3, 0.4) is 0 Å². The van der Waals surface area contributed by atoms with Gasteiger partial charge in [-0.3, -0.25) is 5.43 Å². The van der Waals surface area contributed by atoms with Crippen molar-refractivity contribution >= 4 is 23.0 Å². The number of halogens is 1. The van der Waals surface area contributed by atoms with Crippen LogP contribution in [0.2, 0.25) is 5.02 Å². The van der Waals surface area contributed by atoms with Crippen molar-refractivity contribution in [1.29, 1.82) is 10.5 Å². The van der Waals surface area contributed by atoms with E-state index in [1.165, 1.54) is 0 Å². The maximum absolute atomic E-state index is 8.47. The fourth-order valence-corrected chi connectivity index (χ4v) is 1.22. The zero-order valence-corrected chi connectivity index (χ0v) is 8.71. The average Bonchev–Trinajstić information content (AvgIpc) is 2.23. The van der Waals surface area contributed by atoms with E-state index < -0.39 is 0 Å². The first kappa shape index (κ1) is 11.0. The van der Waals surface area contributed by atoms with Crippen LogP contribution in [0.15, 0.2) is 23.3 Å². The fourth-order valence-electron chi connectivity index (χ4n) is 0.960. The number of benzene rings is 1. The molecule has 0 saturated heterocycles. The van der Waals surface area contributed by atoms with Gasteiger partial charge < -0.3 is 0 Å². The van der Waals surface area contributed by atoms with Gasteiger partial charge in [0, 0.05) is 0 Å². The lowest BCUT2D eigenvalue weighted by atomic mass is 10.2. The molecule has 5 heteroatoms. The van der Waals surface area contributed by atoms with Crippen LogP contribution in [0.25, 0.3) is 0 Å². The highest BCUT2D eigenvalue weighted by Crippen LogP contribution is 2.24. The molecule has 0 atom stereocenters. The second-order valence-corrected chi connectivity index (χ2v) is 3.13. The maximum Gasteiger partial charge on any atom is 0.237 e. The summed E-state index contributed by atoms with van der Waals surface area (Å²) in [5.74, 6) is 0. The van der Waals surface area contributed by atoms with Crippen LogP contribution in [0, 0.1) is 29.6 Å². The number of rotatable bonds is 2. The molecule has 0 aliphatic heterocycles. The minimum Gasteiger partial charge on any atom is -0.275 e. The second kappa shape index (κ2) is 4.99. The lowest BCUT2D eigenvalue weighted by Gasteiger charge is -2.05. The predicted molar refractivity (Wildman–Crippen MR) is 58.5 cm³/mol. The van der Waals surface area contributed by atoms with Crippen molar-refractivity contribution in [2.24, 2.45) is 5.10 Å².